The van der Waals surface area contributed by atoms with Gasteiger partial charge in [-0.05, 0) is 19.9 Å². The Morgan fingerprint density at radius 3 is 2.38 bits per heavy atom. The van der Waals surface area contributed by atoms with Crippen molar-refractivity contribution in [1.82, 2.24) is 9.78 Å². The minimum absolute atomic E-state index is 0.155. The topological polar surface area (TPSA) is 44.1 Å². The predicted octanol–water partition coefficient (Wildman–Crippen LogP) is 5.49. The first-order chi connectivity index (χ1) is 13.5. The van der Waals surface area contributed by atoms with Crippen LogP contribution in [0.25, 0.3) is 22.2 Å². The second kappa shape index (κ2) is 7.35. The Balaban J connectivity index is 2.00. The molecule has 1 aromatic heterocycles. The fourth-order valence-corrected chi connectivity index (χ4v) is 2.86. The van der Waals surface area contributed by atoms with Crippen LogP contribution >= 0.6 is 0 Å². The van der Waals surface area contributed by atoms with Crippen LogP contribution in [0.5, 0.6) is 0 Å². The number of ether oxygens (including phenoxy) is 1. The second-order valence-corrected chi connectivity index (χ2v) is 7.20. The number of halogens is 4. The molecule has 3 rings (SSSR count). The highest BCUT2D eigenvalue weighted by molar-refractivity contribution is 5.93. The van der Waals surface area contributed by atoms with Gasteiger partial charge in [-0.25, -0.2) is 4.39 Å². The zero-order chi connectivity index (χ0) is 21.4. The molecule has 3 aromatic rings. The lowest BCUT2D eigenvalue weighted by molar-refractivity contribution is -0.168. The van der Waals surface area contributed by atoms with Gasteiger partial charge in [0.15, 0.2) is 0 Å². The molecule has 0 aliphatic carbocycles. The molecule has 0 spiro atoms. The van der Waals surface area contributed by atoms with Crippen molar-refractivity contribution < 1.29 is 27.1 Å². The highest BCUT2D eigenvalue weighted by atomic mass is 19.4. The number of para-hydroxylation sites is 1. The maximum atomic E-state index is 14.6. The normalized spacial score (nSPS) is 12.2. The molecule has 2 aromatic carbocycles. The number of carbonyl (C=O) groups excluding carboxylic acids is 1. The van der Waals surface area contributed by atoms with E-state index in [9.17, 15) is 22.4 Å². The van der Waals surface area contributed by atoms with Gasteiger partial charge in [0.25, 0.3) is 0 Å². The average Bonchev–Trinajstić information content (AvgIpc) is 3.00. The van der Waals surface area contributed by atoms with Crippen LogP contribution in [0.1, 0.15) is 13.8 Å². The van der Waals surface area contributed by atoms with E-state index >= 15 is 0 Å². The van der Waals surface area contributed by atoms with Gasteiger partial charge < -0.3 is 4.74 Å². The molecular weight excluding hydrogens is 388 g/mol. The molecule has 0 amide bonds. The zero-order valence-electron chi connectivity index (χ0n) is 15.8. The quantitative estimate of drug-likeness (QED) is 0.320. The molecule has 4 nitrogen and oxygen atoms in total. The number of fused-ring (bicyclic) bond motifs is 1. The van der Waals surface area contributed by atoms with Crippen molar-refractivity contribution in [3.63, 3.8) is 0 Å². The Kier molecular flexibility index (Phi) is 5.21. The molecule has 0 saturated heterocycles. The number of hydrogen-bond donors (Lipinski definition) is 0. The van der Waals surface area contributed by atoms with Crippen LogP contribution in [0.3, 0.4) is 0 Å². The van der Waals surface area contributed by atoms with Crippen LogP contribution in [0, 0.1) is 11.2 Å². The van der Waals surface area contributed by atoms with E-state index in [0.717, 1.165) is 5.56 Å². The van der Waals surface area contributed by atoms with Crippen molar-refractivity contribution >= 4 is 16.9 Å². The minimum Gasteiger partial charge on any atom is -0.422 e. The summed E-state index contributed by atoms with van der Waals surface area (Å²) in [6.07, 6.45) is -4.85. The molecule has 0 aliphatic rings. The van der Waals surface area contributed by atoms with Gasteiger partial charge in [0.05, 0.1) is 12.0 Å². The third-order valence-electron chi connectivity index (χ3n) is 4.40. The maximum absolute atomic E-state index is 14.6. The van der Waals surface area contributed by atoms with Gasteiger partial charge in [0.2, 0.25) is 5.76 Å². The van der Waals surface area contributed by atoms with Crippen LogP contribution in [-0.4, -0.2) is 21.9 Å². The molecule has 29 heavy (non-hydrogen) atoms. The molecule has 0 bridgehead atoms. The number of carbonyl (C=O) groups is 1. The lowest BCUT2D eigenvalue weighted by atomic mass is 9.93. The first-order valence-electron chi connectivity index (χ1n) is 8.69. The Labute approximate surface area is 164 Å². The fourth-order valence-electron chi connectivity index (χ4n) is 2.86. The molecule has 0 radical (unpaired) electrons. The Bertz CT molecular complexity index is 1070. The van der Waals surface area contributed by atoms with Crippen LogP contribution in [0.2, 0.25) is 0 Å². The van der Waals surface area contributed by atoms with E-state index in [-0.39, 0.29) is 12.1 Å². The van der Waals surface area contributed by atoms with E-state index in [1.165, 1.54) is 24.6 Å². The summed E-state index contributed by atoms with van der Waals surface area (Å²) in [6.45, 7) is 5.35. The zero-order valence-corrected chi connectivity index (χ0v) is 15.8. The predicted molar refractivity (Wildman–Crippen MR) is 100 cm³/mol. The summed E-state index contributed by atoms with van der Waals surface area (Å²) in [4.78, 5) is 12.3. The Hall–Kier alpha value is -3.16. The molecule has 8 heteroatoms. The molecule has 152 valence electrons. The molecular formula is C21H18F4N2O2. The van der Waals surface area contributed by atoms with E-state index in [2.05, 4.69) is 16.4 Å². The van der Waals surface area contributed by atoms with Crippen molar-refractivity contribution in [2.45, 2.75) is 26.6 Å². The first-order valence-corrected chi connectivity index (χ1v) is 8.69. The molecule has 0 atom stereocenters. The molecule has 0 unspecified atom stereocenters. The van der Waals surface area contributed by atoms with Crippen LogP contribution < -0.4 is 0 Å². The molecule has 0 fully saturated rings. The Morgan fingerprint density at radius 1 is 1.10 bits per heavy atom. The Morgan fingerprint density at radius 2 is 1.76 bits per heavy atom. The smallest absolute Gasteiger partial charge is 0.422 e. The van der Waals surface area contributed by atoms with Gasteiger partial charge >= 0.3 is 12.1 Å². The van der Waals surface area contributed by atoms with Crippen molar-refractivity contribution in [3.8, 4) is 11.3 Å². The summed E-state index contributed by atoms with van der Waals surface area (Å²) >= 11 is 0. The molecule has 1 heterocycles. The van der Waals surface area contributed by atoms with Gasteiger partial charge in [-0.15, -0.1) is 0 Å². The number of aromatic nitrogens is 2. The summed E-state index contributed by atoms with van der Waals surface area (Å²) in [7, 11) is 0. The highest BCUT2D eigenvalue weighted by Crippen LogP contribution is 2.33. The molecule has 0 aliphatic heterocycles. The van der Waals surface area contributed by atoms with Gasteiger partial charge in [-0.3, -0.25) is 9.48 Å². The standard InChI is InChI=1S/C21H18F4N2O2/c1-13(21(23,24)25)29-19(28)20(2,3)12-27-18-15(10-7-11-16(18)22)17(26-27)14-8-5-4-6-9-14/h4-11H,1,12H2,2-3H3. The van der Waals surface area contributed by atoms with Gasteiger partial charge in [0, 0.05) is 10.9 Å². The van der Waals surface area contributed by atoms with E-state index in [4.69, 9.17) is 0 Å². The average molecular weight is 406 g/mol. The maximum Gasteiger partial charge on any atom is 0.449 e. The van der Waals surface area contributed by atoms with Gasteiger partial charge in [-0.2, -0.15) is 18.3 Å². The third-order valence-corrected chi connectivity index (χ3v) is 4.40. The number of nitrogens with zero attached hydrogens (tertiary/aromatic N) is 2. The monoisotopic (exact) mass is 406 g/mol. The largest absolute Gasteiger partial charge is 0.449 e. The SMILES string of the molecule is C=C(OC(=O)C(C)(C)Cn1nc(-c2ccccc2)c2cccc(F)c21)C(F)(F)F. The number of hydrogen-bond acceptors (Lipinski definition) is 3. The van der Waals surface area contributed by atoms with Gasteiger partial charge in [0.1, 0.15) is 17.0 Å². The highest BCUT2D eigenvalue weighted by Gasteiger charge is 2.40. The van der Waals surface area contributed by atoms with Crippen molar-refractivity contribution in [2.75, 3.05) is 0 Å². The lowest BCUT2D eigenvalue weighted by Gasteiger charge is -2.23. The second-order valence-electron chi connectivity index (χ2n) is 7.20. The van der Waals surface area contributed by atoms with Crippen molar-refractivity contribution in [1.29, 1.82) is 0 Å². The summed E-state index contributed by atoms with van der Waals surface area (Å²) in [5.74, 6) is -3.29. The van der Waals surface area contributed by atoms with E-state index in [0.29, 0.717) is 11.1 Å². The number of rotatable bonds is 5. The number of benzene rings is 2. The van der Waals surface area contributed by atoms with Crippen molar-refractivity contribution in [2.24, 2.45) is 5.41 Å². The molecule has 0 saturated carbocycles. The fraction of sp³-hybridized carbons (Fsp3) is 0.238. The number of allylic oxidation sites excluding steroid dienone is 1. The molecule has 0 N–H and O–H groups in total. The lowest BCUT2D eigenvalue weighted by Crippen LogP contribution is -2.33. The van der Waals surface area contributed by atoms with E-state index in [1.54, 1.807) is 12.1 Å². The third kappa shape index (κ3) is 4.16. The van der Waals surface area contributed by atoms with Gasteiger partial charge in [-0.1, -0.05) is 49.0 Å². The first kappa shape index (κ1) is 20.6. The summed E-state index contributed by atoms with van der Waals surface area (Å²) in [5.41, 5.74) is -0.0258. The van der Waals surface area contributed by atoms with Crippen molar-refractivity contribution in [3.05, 3.63) is 66.7 Å². The summed E-state index contributed by atoms with van der Waals surface area (Å²) < 4.78 is 58.2. The van der Waals surface area contributed by atoms with E-state index in [1.807, 2.05) is 30.3 Å². The summed E-state index contributed by atoms with van der Waals surface area (Å²) in [6, 6.07) is 13.6. The minimum atomic E-state index is -4.85. The van der Waals surface area contributed by atoms with Crippen LogP contribution in [0.15, 0.2) is 60.9 Å². The number of alkyl halides is 3. The summed E-state index contributed by atoms with van der Waals surface area (Å²) in [5, 5.41) is 4.97. The van der Waals surface area contributed by atoms with Crippen LogP contribution in [-0.2, 0) is 16.1 Å². The van der Waals surface area contributed by atoms with E-state index < -0.39 is 29.1 Å². The number of esters is 1. The van der Waals surface area contributed by atoms with Crippen LogP contribution in [0.4, 0.5) is 17.6 Å².